The summed E-state index contributed by atoms with van der Waals surface area (Å²) < 4.78 is 24.2. The Morgan fingerprint density at radius 1 is 1.17 bits per heavy atom. The fourth-order valence-corrected chi connectivity index (χ4v) is 2.71. The molecule has 0 aliphatic rings. The van der Waals surface area contributed by atoms with Crippen molar-refractivity contribution in [2.75, 3.05) is 0 Å². The van der Waals surface area contributed by atoms with Crippen molar-refractivity contribution in [2.45, 2.75) is 6.54 Å². The van der Waals surface area contributed by atoms with Gasteiger partial charge in [0.15, 0.2) is 0 Å². The Kier molecular flexibility index (Phi) is 3.95. The molecule has 1 aromatic carbocycles. The maximum absolute atomic E-state index is 11.4. The van der Waals surface area contributed by atoms with E-state index in [0.29, 0.717) is 5.65 Å². The second kappa shape index (κ2) is 5.92. The van der Waals surface area contributed by atoms with Crippen LogP contribution in [0.3, 0.4) is 0 Å². The summed E-state index contributed by atoms with van der Waals surface area (Å²) in [4.78, 5) is 18.2. The van der Waals surface area contributed by atoms with Crippen molar-refractivity contribution >= 4 is 21.2 Å². The summed E-state index contributed by atoms with van der Waals surface area (Å²) >= 11 is 0. The smallest absolute Gasteiger partial charge is 0.274 e. The molecule has 0 radical (unpaired) electrons. The first kappa shape index (κ1) is 15.3. The van der Waals surface area contributed by atoms with E-state index >= 15 is 0 Å². The maximum atomic E-state index is 11.4. The minimum absolute atomic E-state index is 0.104. The molecule has 0 unspecified atom stereocenters. The molecule has 118 valence electrons. The Hall–Kier alpha value is -2.55. The van der Waals surface area contributed by atoms with Crippen LogP contribution in [0.5, 0.6) is 0 Å². The molecule has 0 amide bonds. The molecule has 8 heteroatoms. The highest BCUT2D eigenvalue weighted by molar-refractivity contribution is 7.87. The number of hydrogen-bond donors (Lipinski definition) is 3. The summed E-state index contributed by atoms with van der Waals surface area (Å²) in [5.74, 6) is 0. The third-order valence-corrected chi connectivity index (χ3v) is 3.90. The first-order valence-corrected chi connectivity index (χ1v) is 8.32. The molecule has 3 aromatic rings. The molecule has 0 aliphatic carbocycles. The van der Waals surface area contributed by atoms with Crippen LogP contribution in [0.15, 0.2) is 53.5 Å². The molecule has 0 bridgehead atoms. The van der Waals surface area contributed by atoms with Gasteiger partial charge in [0.05, 0.1) is 0 Å². The number of nitrogens with one attached hydrogen (secondary N) is 2. The number of rotatable bonds is 4. The monoisotopic (exact) mass is 330 g/mol. The molecule has 7 nitrogen and oxygen atoms in total. The number of fused-ring (bicyclic) bond motifs is 1. The van der Waals surface area contributed by atoms with Gasteiger partial charge in [-0.25, -0.2) is 10.1 Å². The largest absolute Gasteiger partial charge is 0.307 e. The number of nitrogens with zero attached hydrogens (tertiary/aromatic N) is 1. The van der Waals surface area contributed by atoms with Gasteiger partial charge in [0.1, 0.15) is 5.65 Å². The van der Waals surface area contributed by atoms with Gasteiger partial charge >= 0.3 is 0 Å². The number of H-pyrrole nitrogens is 1. The number of benzene rings is 1. The molecule has 0 fully saturated rings. The zero-order chi connectivity index (χ0) is 16.4. The zero-order valence-corrected chi connectivity index (χ0v) is 12.8. The average molecular weight is 330 g/mol. The standard InChI is InChI=1S/C15H14N4O3S/c16-23(21,22)18-9-10-2-1-3-11(8-10)12-6-7-17-15-13(12)4-5-14(20)19-15/h1-8,18H,9H2,(H2,16,21,22)(H,17,19,20). The highest BCUT2D eigenvalue weighted by Crippen LogP contribution is 2.26. The van der Waals surface area contributed by atoms with Gasteiger partial charge in [-0.2, -0.15) is 13.1 Å². The van der Waals surface area contributed by atoms with Crippen LogP contribution in [0.1, 0.15) is 5.56 Å². The fraction of sp³-hybridized carbons (Fsp3) is 0.0667. The molecular weight excluding hydrogens is 316 g/mol. The zero-order valence-electron chi connectivity index (χ0n) is 12.0. The van der Waals surface area contributed by atoms with Gasteiger partial charge in [0.25, 0.3) is 10.2 Å². The second-order valence-electron chi connectivity index (χ2n) is 5.01. The summed E-state index contributed by atoms with van der Waals surface area (Å²) in [5, 5.41) is 5.75. The molecule has 3 rings (SSSR count). The minimum Gasteiger partial charge on any atom is -0.307 e. The van der Waals surface area contributed by atoms with Crippen LogP contribution in [0.4, 0.5) is 0 Å². The summed E-state index contributed by atoms with van der Waals surface area (Å²) in [5.41, 5.74) is 2.84. The third kappa shape index (κ3) is 3.62. The molecule has 2 aromatic heterocycles. The number of hydrogen-bond acceptors (Lipinski definition) is 4. The number of nitrogens with two attached hydrogens (primary N) is 1. The Labute approximate surface area is 132 Å². The molecule has 0 saturated carbocycles. The first-order chi connectivity index (χ1) is 10.9. The quantitative estimate of drug-likeness (QED) is 0.658. The molecule has 23 heavy (non-hydrogen) atoms. The van der Waals surface area contributed by atoms with Crippen LogP contribution in [0, 0.1) is 0 Å². The summed E-state index contributed by atoms with van der Waals surface area (Å²) in [6, 6.07) is 12.4. The van der Waals surface area contributed by atoms with Crippen molar-refractivity contribution in [2.24, 2.45) is 5.14 Å². The Morgan fingerprint density at radius 2 is 2.00 bits per heavy atom. The van der Waals surface area contributed by atoms with Crippen molar-refractivity contribution in [1.82, 2.24) is 14.7 Å². The minimum atomic E-state index is -3.74. The third-order valence-electron chi connectivity index (χ3n) is 3.35. The molecule has 2 heterocycles. The molecule has 4 N–H and O–H groups in total. The lowest BCUT2D eigenvalue weighted by Gasteiger charge is -2.08. The van der Waals surface area contributed by atoms with Gasteiger partial charge in [-0.3, -0.25) is 4.79 Å². The van der Waals surface area contributed by atoms with Crippen LogP contribution < -0.4 is 15.4 Å². The van der Waals surface area contributed by atoms with Crippen LogP contribution in [-0.4, -0.2) is 18.4 Å². The second-order valence-corrected chi connectivity index (χ2v) is 6.39. The first-order valence-electron chi connectivity index (χ1n) is 6.77. The van der Waals surface area contributed by atoms with Gasteiger partial charge in [-0.15, -0.1) is 0 Å². The van der Waals surface area contributed by atoms with E-state index in [1.165, 1.54) is 6.07 Å². The van der Waals surface area contributed by atoms with Crippen LogP contribution in [-0.2, 0) is 16.8 Å². The van der Waals surface area contributed by atoms with E-state index < -0.39 is 10.2 Å². The molecule has 0 spiro atoms. The highest BCUT2D eigenvalue weighted by atomic mass is 32.2. The average Bonchev–Trinajstić information content (AvgIpc) is 2.52. The normalized spacial score (nSPS) is 11.7. The number of aromatic amines is 1. The lowest BCUT2D eigenvalue weighted by Crippen LogP contribution is -2.30. The summed E-state index contributed by atoms with van der Waals surface area (Å²) in [6.07, 6.45) is 1.61. The van der Waals surface area contributed by atoms with Gasteiger partial charge in [-0.05, 0) is 34.9 Å². The Morgan fingerprint density at radius 3 is 2.78 bits per heavy atom. The van der Waals surface area contributed by atoms with E-state index in [0.717, 1.165) is 22.1 Å². The highest BCUT2D eigenvalue weighted by Gasteiger charge is 2.07. The van der Waals surface area contributed by atoms with Gasteiger partial charge < -0.3 is 4.98 Å². The number of pyridine rings is 2. The Bertz CT molecular complexity index is 1030. The lowest BCUT2D eigenvalue weighted by molar-refractivity contribution is 0.583. The molecule has 0 saturated heterocycles. The van der Waals surface area contributed by atoms with E-state index in [9.17, 15) is 13.2 Å². The topological polar surface area (TPSA) is 118 Å². The van der Waals surface area contributed by atoms with E-state index in [1.54, 1.807) is 18.3 Å². The Balaban J connectivity index is 2.04. The van der Waals surface area contributed by atoms with E-state index in [4.69, 9.17) is 5.14 Å². The van der Waals surface area contributed by atoms with E-state index in [-0.39, 0.29) is 12.1 Å². The SMILES string of the molecule is NS(=O)(=O)NCc1cccc(-c2ccnc3[nH]c(=O)ccc23)c1. The van der Waals surface area contributed by atoms with Crippen molar-refractivity contribution in [3.05, 3.63) is 64.6 Å². The van der Waals surface area contributed by atoms with Gasteiger partial charge in [0.2, 0.25) is 5.56 Å². The van der Waals surface area contributed by atoms with Crippen molar-refractivity contribution in [1.29, 1.82) is 0 Å². The predicted molar refractivity (Wildman–Crippen MR) is 87.7 cm³/mol. The van der Waals surface area contributed by atoms with Crippen LogP contribution in [0.25, 0.3) is 22.2 Å². The fourth-order valence-electron chi connectivity index (χ4n) is 2.34. The summed E-state index contributed by atoms with van der Waals surface area (Å²) in [6.45, 7) is 0.104. The molecule has 0 atom stereocenters. The van der Waals surface area contributed by atoms with Crippen LogP contribution >= 0.6 is 0 Å². The van der Waals surface area contributed by atoms with E-state index in [1.807, 2.05) is 24.3 Å². The van der Waals surface area contributed by atoms with Crippen molar-refractivity contribution in [3.63, 3.8) is 0 Å². The molecule has 0 aliphatic heterocycles. The van der Waals surface area contributed by atoms with Crippen molar-refractivity contribution < 1.29 is 8.42 Å². The lowest BCUT2D eigenvalue weighted by atomic mass is 10.0. The maximum Gasteiger partial charge on any atom is 0.274 e. The summed E-state index contributed by atoms with van der Waals surface area (Å²) in [7, 11) is -3.74. The van der Waals surface area contributed by atoms with E-state index in [2.05, 4.69) is 14.7 Å². The van der Waals surface area contributed by atoms with Gasteiger partial charge in [0, 0.05) is 24.2 Å². The van der Waals surface area contributed by atoms with Crippen LogP contribution in [0.2, 0.25) is 0 Å². The predicted octanol–water partition coefficient (Wildman–Crippen LogP) is 0.883. The van der Waals surface area contributed by atoms with Gasteiger partial charge in [-0.1, -0.05) is 18.2 Å². The van der Waals surface area contributed by atoms with Crippen molar-refractivity contribution in [3.8, 4) is 11.1 Å². The number of aromatic nitrogens is 2. The molecular formula is C15H14N4O3S.